The van der Waals surface area contributed by atoms with Gasteiger partial charge in [-0.15, -0.1) is 9.24 Å². The Morgan fingerprint density at radius 1 is 1.38 bits per heavy atom. The second-order valence-electron chi connectivity index (χ2n) is 1.56. The number of hydrogen-bond acceptors (Lipinski definition) is 0. The predicted molar refractivity (Wildman–Crippen MR) is 35.7 cm³/mol. The van der Waals surface area contributed by atoms with E-state index in [4.69, 9.17) is 0 Å². The molecule has 0 aromatic heterocycles. The van der Waals surface area contributed by atoms with Gasteiger partial charge < -0.3 is 0 Å². The van der Waals surface area contributed by atoms with Crippen molar-refractivity contribution in [2.45, 2.75) is 0 Å². The van der Waals surface area contributed by atoms with E-state index in [0.29, 0.717) is 0 Å². The van der Waals surface area contributed by atoms with Crippen LogP contribution < -0.4 is 5.30 Å². The van der Waals surface area contributed by atoms with E-state index in [1.165, 1.54) is 12.1 Å². The number of rotatable bonds is 0. The first-order valence-electron chi connectivity index (χ1n) is 2.30. The highest BCUT2D eigenvalue weighted by Gasteiger charge is 1.84. The smallest absolute Gasteiger partial charge is 0.123 e. The Kier molecular flexibility index (Phi) is 1.59. The zero-order valence-corrected chi connectivity index (χ0v) is 5.42. The first-order valence-corrected chi connectivity index (χ1v) is 2.88. The van der Waals surface area contributed by atoms with Crippen molar-refractivity contribution in [3.63, 3.8) is 0 Å². The van der Waals surface area contributed by atoms with Crippen LogP contribution in [0.15, 0.2) is 24.3 Å². The molecule has 0 bridgehead atoms. The lowest BCUT2D eigenvalue weighted by Crippen LogP contribution is -1.87. The maximum Gasteiger partial charge on any atom is 0.123 e. The lowest BCUT2D eigenvalue weighted by molar-refractivity contribution is 0.629. The fourth-order valence-corrected chi connectivity index (χ4v) is 0.777. The van der Waals surface area contributed by atoms with Crippen LogP contribution in [0.5, 0.6) is 0 Å². The summed E-state index contributed by atoms with van der Waals surface area (Å²) in [6.45, 7) is 0. The van der Waals surface area contributed by atoms with Crippen molar-refractivity contribution in [3.05, 3.63) is 30.1 Å². The van der Waals surface area contributed by atoms with Crippen LogP contribution in [0.2, 0.25) is 0 Å². The third-order valence-electron chi connectivity index (χ3n) is 0.849. The Labute approximate surface area is 49.9 Å². The monoisotopic (exact) mass is 128 g/mol. The van der Waals surface area contributed by atoms with Crippen molar-refractivity contribution in [2.75, 3.05) is 0 Å². The molecule has 1 aromatic rings. The molecule has 0 spiro atoms. The minimum absolute atomic E-state index is 0.183. The van der Waals surface area contributed by atoms with E-state index in [2.05, 4.69) is 9.24 Å². The molecule has 0 radical (unpaired) electrons. The van der Waals surface area contributed by atoms with Crippen LogP contribution in [-0.4, -0.2) is 0 Å². The number of benzene rings is 1. The molecular weight excluding hydrogens is 122 g/mol. The Bertz CT molecular complexity index is 168. The van der Waals surface area contributed by atoms with Crippen LogP contribution >= 0.6 is 9.24 Å². The van der Waals surface area contributed by atoms with Crippen molar-refractivity contribution in [1.29, 1.82) is 0 Å². The van der Waals surface area contributed by atoms with Gasteiger partial charge in [0.05, 0.1) is 0 Å². The van der Waals surface area contributed by atoms with Crippen LogP contribution in [0.1, 0.15) is 0 Å². The molecule has 0 aliphatic heterocycles. The molecular formula is C6H6FP. The maximum absolute atomic E-state index is 12.2. The fourth-order valence-electron chi connectivity index (χ4n) is 0.507. The van der Waals surface area contributed by atoms with Crippen molar-refractivity contribution in [2.24, 2.45) is 0 Å². The van der Waals surface area contributed by atoms with Gasteiger partial charge in [-0.2, -0.15) is 0 Å². The molecule has 8 heavy (non-hydrogen) atoms. The average molecular weight is 128 g/mol. The van der Waals surface area contributed by atoms with Crippen molar-refractivity contribution >= 4 is 14.5 Å². The first-order chi connectivity index (χ1) is 3.79. The second kappa shape index (κ2) is 2.23. The number of halogens is 1. The minimum Gasteiger partial charge on any atom is -0.207 e. The molecule has 0 aliphatic carbocycles. The van der Waals surface area contributed by atoms with Gasteiger partial charge in [0, 0.05) is 0 Å². The number of hydrogen-bond donors (Lipinski definition) is 0. The van der Waals surface area contributed by atoms with Crippen LogP contribution in [0.3, 0.4) is 0 Å². The Hall–Kier alpha value is -0.420. The fraction of sp³-hybridized carbons (Fsp3) is 0. The molecule has 0 nitrogen and oxygen atoms in total. The van der Waals surface area contributed by atoms with E-state index in [1.54, 1.807) is 6.07 Å². The van der Waals surface area contributed by atoms with Crippen LogP contribution in [0, 0.1) is 5.82 Å². The van der Waals surface area contributed by atoms with E-state index in [-0.39, 0.29) is 5.82 Å². The van der Waals surface area contributed by atoms with E-state index in [9.17, 15) is 4.39 Å². The maximum atomic E-state index is 12.2. The van der Waals surface area contributed by atoms with Gasteiger partial charge in [0.1, 0.15) is 5.82 Å². The summed E-state index contributed by atoms with van der Waals surface area (Å²) < 4.78 is 12.2. The molecule has 0 fully saturated rings. The molecule has 2 heteroatoms. The largest absolute Gasteiger partial charge is 0.207 e. The lowest BCUT2D eigenvalue weighted by atomic mass is 10.4. The van der Waals surface area contributed by atoms with Gasteiger partial charge in [-0.25, -0.2) is 4.39 Å². The highest BCUT2D eigenvalue weighted by atomic mass is 31.0. The third kappa shape index (κ3) is 1.28. The van der Waals surface area contributed by atoms with Crippen molar-refractivity contribution < 1.29 is 4.39 Å². The summed E-state index contributed by atoms with van der Waals surface area (Å²) in [7, 11) is 2.42. The van der Waals surface area contributed by atoms with E-state index in [1.807, 2.05) is 6.07 Å². The molecule has 1 aromatic carbocycles. The molecule has 0 saturated heterocycles. The molecule has 1 unspecified atom stereocenters. The second-order valence-corrected chi connectivity index (χ2v) is 2.22. The molecule has 0 amide bonds. The van der Waals surface area contributed by atoms with Crippen molar-refractivity contribution in [1.82, 2.24) is 0 Å². The highest BCUT2D eigenvalue weighted by Crippen LogP contribution is 1.94. The minimum atomic E-state index is -0.183. The molecule has 0 N–H and O–H groups in total. The van der Waals surface area contributed by atoms with Crippen molar-refractivity contribution in [3.8, 4) is 0 Å². The molecule has 0 aliphatic rings. The Balaban J connectivity index is 3.08. The van der Waals surface area contributed by atoms with E-state index in [0.717, 1.165) is 5.30 Å². The van der Waals surface area contributed by atoms with Gasteiger partial charge >= 0.3 is 0 Å². The molecule has 1 atom stereocenters. The van der Waals surface area contributed by atoms with Gasteiger partial charge in [0.25, 0.3) is 0 Å². The molecule has 1 rings (SSSR count). The zero-order valence-electron chi connectivity index (χ0n) is 4.26. The summed E-state index contributed by atoms with van der Waals surface area (Å²) in [5, 5.41) is 0.880. The highest BCUT2D eigenvalue weighted by molar-refractivity contribution is 7.27. The first kappa shape index (κ1) is 5.71. The van der Waals surface area contributed by atoms with Crippen LogP contribution in [0.25, 0.3) is 0 Å². The van der Waals surface area contributed by atoms with Gasteiger partial charge in [0.2, 0.25) is 0 Å². The predicted octanol–water partition coefficient (Wildman–Crippen LogP) is 1.33. The van der Waals surface area contributed by atoms with Gasteiger partial charge in [-0.05, 0) is 17.4 Å². The van der Waals surface area contributed by atoms with E-state index >= 15 is 0 Å². The van der Waals surface area contributed by atoms with Crippen LogP contribution in [0.4, 0.5) is 4.39 Å². The third-order valence-corrected chi connectivity index (χ3v) is 1.21. The average Bonchev–Trinajstić information content (AvgIpc) is 1.64. The van der Waals surface area contributed by atoms with Gasteiger partial charge in [-0.1, -0.05) is 12.1 Å². The quantitative estimate of drug-likeness (QED) is 0.462. The normalized spacial score (nSPS) is 9.25. The van der Waals surface area contributed by atoms with E-state index < -0.39 is 0 Å². The summed E-state index contributed by atoms with van der Waals surface area (Å²) in [5.74, 6) is -0.183. The van der Waals surface area contributed by atoms with Gasteiger partial charge in [-0.3, -0.25) is 0 Å². The van der Waals surface area contributed by atoms with Gasteiger partial charge in [0.15, 0.2) is 0 Å². The topological polar surface area (TPSA) is 0 Å². The summed E-state index contributed by atoms with van der Waals surface area (Å²) in [4.78, 5) is 0. The lowest BCUT2D eigenvalue weighted by Gasteiger charge is -1.87. The summed E-state index contributed by atoms with van der Waals surface area (Å²) in [6, 6.07) is 6.39. The summed E-state index contributed by atoms with van der Waals surface area (Å²) >= 11 is 0. The summed E-state index contributed by atoms with van der Waals surface area (Å²) in [5.41, 5.74) is 0. The molecule has 0 saturated carbocycles. The standard InChI is InChI=1S/C6H6FP/c7-5-2-1-3-6(8)4-5/h1-4H,8H2. The molecule has 0 heterocycles. The SMILES string of the molecule is Fc1cccc(P)c1. The Morgan fingerprint density at radius 3 is 2.50 bits per heavy atom. The molecule has 42 valence electrons. The zero-order chi connectivity index (χ0) is 5.98. The summed E-state index contributed by atoms with van der Waals surface area (Å²) in [6.07, 6.45) is 0. The Morgan fingerprint density at radius 2 is 2.12 bits per heavy atom. The van der Waals surface area contributed by atoms with Crippen LogP contribution in [-0.2, 0) is 0 Å².